The minimum absolute atomic E-state index is 0.675. The number of nitrogens with one attached hydrogen (secondary N) is 1. The number of nitrogens with zero attached hydrogens (tertiary/aromatic N) is 5. The summed E-state index contributed by atoms with van der Waals surface area (Å²) in [5.74, 6) is 2.63. The molecule has 1 N–H and O–H groups in total. The summed E-state index contributed by atoms with van der Waals surface area (Å²) >= 11 is 1.72. The normalized spacial score (nSPS) is 11.7. The van der Waals surface area contributed by atoms with Gasteiger partial charge in [0, 0.05) is 28.9 Å². The number of aryl methyl sites for hydroxylation is 1. The average molecular weight is 435 g/mol. The number of tetrazole rings is 1. The number of aromatic nitrogens is 6. The van der Waals surface area contributed by atoms with Gasteiger partial charge in [0.1, 0.15) is 11.6 Å². The van der Waals surface area contributed by atoms with Gasteiger partial charge in [-0.15, -0.1) is 16.4 Å². The molecular formula is C23H26N6OS. The molecule has 7 nitrogen and oxygen atoms in total. The summed E-state index contributed by atoms with van der Waals surface area (Å²) in [7, 11) is 1.71. The van der Waals surface area contributed by atoms with Gasteiger partial charge in [0.15, 0.2) is 5.82 Å². The van der Waals surface area contributed by atoms with Crippen molar-refractivity contribution in [1.29, 1.82) is 0 Å². The summed E-state index contributed by atoms with van der Waals surface area (Å²) in [5.41, 5.74) is 3.17. The van der Waals surface area contributed by atoms with E-state index in [1.807, 2.05) is 24.4 Å². The molecule has 0 atom stereocenters. The smallest absolute Gasteiger partial charge is 0.175 e. The molecule has 4 aromatic rings. The molecule has 31 heavy (non-hydrogen) atoms. The summed E-state index contributed by atoms with van der Waals surface area (Å²) in [6.07, 6.45) is 7.99. The molecule has 4 rings (SSSR count). The molecule has 8 heteroatoms. The largest absolute Gasteiger partial charge is 0.496 e. The molecule has 0 unspecified atom stereocenters. The third-order valence-corrected chi connectivity index (χ3v) is 6.04. The SMILES string of the molecule is CCCCc1ncc(/C=C(\Cc2cccs2)c2nnn[nH]2)n1Cc1ccccc1OC. The highest BCUT2D eigenvalue weighted by atomic mass is 32.1. The van der Waals surface area contributed by atoms with Crippen LogP contribution in [0.3, 0.4) is 0 Å². The summed E-state index contributed by atoms with van der Waals surface area (Å²) in [4.78, 5) is 6.01. The molecule has 0 bridgehead atoms. The first kappa shape index (κ1) is 21.0. The van der Waals surface area contributed by atoms with Crippen LogP contribution in [0.5, 0.6) is 5.75 Å². The van der Waals surface area contributed by atoms with Crippen molar-refractivity contribution < 1.29 is 4.74 Å². The van der Waals surface area contributed by atoms with Gasteiger partial charge in [-0.1, -0.05) is 37.6 Å². The predicted octanol–water partition coefficient (Wildman–Crippen LogP) is 4.64. The van der Waals surface area contributed by atoms with Crippen molar-refractivity contribution in [3.05, 3.63) is 75.8 Å². The zero-order valence-corrected chi connectivity index (χ0v) is 18.6. The average Bonchev–Trinajstić information content (AvgIpc) is 3.56. The topological polar surface area (TPSA) is 81.5 Å². The number of imidazole rings is 1. The Balaban J connectivity index is 1.74. The quantitative estimate of drug-likeness (QED) is 0.393. The number of ether oxygens (including phenoxy) is 1. The van der Waals surface area contributed by atoms with Crippen LogP contribution >= 0.6 is 11.3 Å². The van der Waals surface area contributed by atoms with Gasteiger partial charge in [0.2, 0.25) is 0 Å². The monoisotopic (exact) mass is 434 g/mol. The highest BCUT2D eigenvalue weighted by Crippen LogP contribution is 2.25. The van der Waals surface area contributed by atoms with Gasteiger partial charge in [0.25, 0.3) is 0 Å². The number of methoxy groups -OCH3 is 1. The number of aromatic amines is 1. The van der Waals surface area contributed by atoms with Crippen LogP contribution in [-0.4, -0.2) is 37.3 Å². The van der Waals surface area contributed by atoms with E-state index in [0.717, 1.165) is 54.1 Å². The Hall–Kier alpha value is -3.26. The van der Waals surface area contributed by atoms with E-state index in [2.05, 4.69) is 61.8 Å². The lowest BCUT2D eigenvalue weighted by atomic mass is 10.1. The Kier molecular flexibility index (Phi) is 6.89. The predicted molar refractivity (Wildman–Crippen MR) is 123 cm³/mol. The number of H-pyrrole nitrogens is 1. The van der Waals surface area contributed by atoms with E-state index in [4.69, 9.17) is 9.72 Å². The van der Waals surface area contributed by atoms with Crippen molar-refractivity contribution in [1.82, 2.24) is 30.2 Å². The third kappa shape index (κ3) is 5.08. The summed E-state index contributed by atoms with van der Waals surface area (Å²) in [6.45, 7) is 2.89. The van der Waals surface area contributed by atoms with Crippen LogP contribution in [0.25, 0.3) is 11.6 Å². The van der Waals surface area contributed by atoms with Gasteiger partial charge in [-0.05, 0) is 40.4 Å². The Morgan fingerprint density at radius 1 is 1.23 bits per heavy atom. The molecule has 0 amide bonds. The van der Waals surface area contributed by atoms with Crippen LogP contribution in [0.1, 0.15) is 47.5 Å². The van der Waals surface area contributed by atoms with Crippen molar-refractivity contribution in [3.8, 4) is 5.75 Å². The lowest BCUT2D eigenvalue weighted by Crippen LogP contribution is -2.08. The zero-order valence-electron chi connectivity index (χ0n) is 17.8. The van der Waals surface area contributed by atoms with Crippen molar-refractivity contribution in [2.24, 2.45) is 0 Å². The van der Waals surface area contributed by atoms with E-state index < -0.39 is 0 Å². The number of benzene rings is 1. The third-order valence-electron chi connectivity index (χ3n) is 5.16. The van der Waals surface area contributed by atoms with Crippen LogP contribution < -0.4 is 4.74 Å². The van der Waals surface area contributed by atoms with Gasteiger partial charge in [-0.3, -0.25) is 0 Å². The lowest BCUT2D eigenvalue weighted by molar-refractivity contribution is 0.408. The summed E-state index contributed by atoms with van der Waals surface area (Å²) in [6, 6.07) is 12.3. The maximum atomic E-state index is 5.59. The molecule has 0 aliphatic rings. The summed E-state index contributed by atoms with van der Waals surface area (Å²) in [5, 5.41) is 16.7. The van der Waals surface area contributed by atoms with Crippen molar-refractivity contribution in [3.63, 3.8) is 0 Å². The second kappa shape index (κ2) is 10.2. The van der Waals surface area contributed by atoms with E-state index in [9.17, 15) is 0 Å². The Morgan fingerprint density at radius 2 is 2.13 bits per heavy atom. The fraction of sp³-hybridized carbons (Fsp3) is 0.304. The molecule has 0 spiro atoms. The molecule has 0 fully saturated rings. The molecule has 0 aliphatic carbocycles. The van der Waals surface area contributed by atoms with E-state index in [1.54, 1.807) is 18.4 Å². The van der Waals surface area contributed by atoms with Crippen LogP contribution in [0, 0.1) is 0 Å². The van der Waals surface area contributed by atoms with Gasteiger partial charge >= 0.3 is 0 Å². The zero-order chi connectivity index (χ0) is 21.5. The van der Waals surface area contributed by atoms with Gasteiger partial charge in [0.05, 0.1) is 25.5 Å². The minimum atomic E-state index is 0.675. The lowest BCUT2D eigenvalue weighted by Gasteiger charge is -2.14. The molecule has 1 aromatic carbocycles. The van der Waals surface area contributed by atoms with E-state index in [1.165, 1.54) is 4.88 Å². The Labute approximate surface area is 185 Å². The van der Waals surface area contributed by atoms with Crippen LogP contribution in [0.4, 0.5) is 0 Å². The van der Waals surface area contributed by atoms with Gasteiger partial charge in [-0.2, -0.15) is 0 Å². The number of para-hydroxylation sites is 1. The van der Waals surface area contributed by atoms with Crippen molar-refractivity contribution in [2.45, 2.75) is 39.2 Å². The standard InChI is InChI=1S/C23H26N6OS/c1-3-4-11-22-24-15-19(29(22)16-17-8-5-6-10-21(17)30-2)13-18(23-25-27-28-26-23)14-20-9-7-12-31-20/h5-10,12-13,15H,3-4,11,14,16H2,1-2H3,(H,25,26,27,28)/b18-13+. The number of thiophene rings is 1. The maximum absolute atomic E-state index is 5.59. The number of allylic oxidation sites excluding steroid dienone is 1. The molecule has 3 aromatic heterocycles. The number of hydrogen-bond donors (Lipinski definition) is 1. The molecular weight excluding hydrogens is 408 g/mol. The Bertz CT molecular complexity index is 1120. The maximum Gasteiger partial charge on any atom is 0.175 e. The van der Waals surface area contributed by atoms with Gasteiger partial charge < -0.3 is 9.30 Å². The van der Waals surface area contributed by atoms with Crippen molar-refractivity contribution in [2.75, 3.05) is 7.11 Å². The van der Waals surface area contributed by atoms with Crippen LogP contribution in [-0.2, 0) is 19.4 Å². The van der Waals surface area contributed by atoms with Crippen molar-refractivity contribution >= 4 is 23.0 Å². The first-order chi connectivity index (χ1) is 15.3. The van der Waals surface area contributed by atoms with Crippen LogP contribution in [0.15, 0.2) is 48.0 Å². The fourth-order valence-electron chi connectivity index (χ4n) is 3.54. The fourth-order valence-corrected chi connectivity index (χ4v) is 4.27. The number of rotatable bonds is 10. The molecule has 0 saturated carbocycles. The number of unbranched alkanes of at least 4 members (excludes halogenated alkanes) is 1. The highest BCUT2D eigenvalue weighted by Gasteiger charge is 2.14. The molecule has 0 saturated heterocycles. The molecule has 3 heterocycles. The first-order valence-electron chi connectivity index (χ1n) is 10.4. The van der Waals surface area contributed by atoms with Crippen LogP contribution in [0.2, 0.25) is 0 Å². The van der Waals surface area contributed by atoms with Gasteiger partial charge in [-0.25, -0.2) is 10.1 Å². The Morgan fingerprint density at radius 3 is 2.87 bits per heavy atom. The first-order valence-corrected chi connectivity index (χ1v) is 11.3. The second-order valence-electron chi connectivity index (χ2n) is 7.28. The molecule has 0 radical (unpaired) electrons. The molecule has 0 aliphatic heterocycles. The van der Waals surface area contributed by atoms with E-state index in [-0.39, 0.29) is 0 Å². The molecule has 160 valence electrons. The minimum Gasteiger partial charge on any atom is -0.496 e. The number of hydrogen-bond acceptors (Lipinski definition) is 6. The highest BCUT2D eigenvalue weighted by molar-refractivity contribution is 7.10. The van der Waals surface area contributed by atoms with E-state index >= 15 is 0 Å². The summed E-state index contributed by atoms with van der Waals surface area (Å²) < 4.78 is 7.86. The van der Waals surface area contributed by atoms with E-state index in [0.29, 0.717) is 12.4 Å². The second-order valence-corrected chi connectivity index (χ2v) is 8.31.